The highest BCUT2D eigenvalue weighted by atomic mass is 32.2. The smallest absolute Gasteiger partial charge is 0.273 e. The molecule has 33 heavy (non-hydrogen) atoms. The number of hydrogen-bond donors (Lipinski definition) is 0. The van der Waals surface area contributed by atoms with E-state index >= 15 is 0 Å². The van der Waals surface area contributed by atoms with E-state index in [0.717, 1.165) is 29.2 Å². The van der Waals surface area contributed by atoms with Crippen molar-refractivity contribution < 1.29 is 14.4 Å². The van der Waals surface area contributed by atoms with Gasteiger partial charge in [-0.3, -0.25) is 10.1 Å². The van der Waals surface area contributed by atoms with Crippen molar-refractivity contribution in [1.82, 2.24) is 0 Å². The monoisotopic (exact) mass is 468 g/mol. The second-order valence-corrected chi connectivity index (χ2v) is 10.4. The molecule has 7 heteroatoms. The van der Waals surface area contributed by atoms with E-state index in [2.05, 4.69) is 43.9 Å². The third-order valence-electron chi connectivity index (χ3n) is 6.95. The van der Waals surface area contributed by atoms with Crippen LogP contribution in [0.5, 0.6) is 11.5 Å². The molecule has 1 unspecified atom stereocenters. The average molecular weight is 469 g/mol. The molecule has 0 saturated carbocycles. The first-order valence-electron chi connectivity index (χ1n) is 11.5. The van der Waals surface area contributed by atoms with Crippen LogP contribution in [0.25, 0.3) is 6.08 Å². The van der Waals surface area contributed by atoms with Crippen LogP contribution in [0, 0.1) is 10.1 Å². The van der Waals surface area contributed by atoms with E-state index in [1.807, 2.05) is 12.1 Å². The van der Waals surface area contributed by atoms with Crippen LogP contribution >= 0.6 is 11.8 Å². The third kappa shape index (κ3) is 3.76. The number of thioether (sulfide) groups is 1. The summed E-state index contributed by atoms with van der Waals surface area (Å²) in [5, 5.41) is 11.4. The van der Waals surface area contributed by atoms with E-state index in [-0.39, 0.29) is 20.9 Å². The summed E-state index contributed by atoms with van der Waals surface area (Å²) in [6.45, 7) is 7.71. The summed E-state index contributed by atoms with van der Waals surface area (Å²) in [5.74, 6) is 1.39. The quantitative estimate of drug-likeness (QED) is 0.241. The Morgan fingerprint density at radius 3 is 2.55 bits per heavy atom. The number of benzene rings is 2. The molecule has 0 bridgehead atoms. The van der Waals surface area contributed by atoms with Crippen LogP contribution in [0.2, 0.25) is 0 Å². The van der Waals surface area contributed by atoms with Crippen molar-refractivity contribution in [2.24, 2.45) is 0 Å². The Bertz CT molecular complexity index is 1100. The standard InChI is InChI=1S/C26H32N2O4S/c1-6-7-8-9-14-27-22-11-10-20(31-4)17-21(22)25(2,3)26(27)13-12-18-15-19(28(29)30)16-23(32-5)24(18)33-26/h10-13,15-17H,6-9,14H2,1-5H3. The molecule has 1 atom stereocenters. The normalized spacial score (nSPS) is 20.0. The summed E-state index contributed by atoms with van der Waals surface area (Å²) in [5.41, 5.74) is 3.10. The molecule has 2 aliphatic heterocycles. The molecule has 2 aromatic rings. The van der Waals surface area contributed by atoms with E-state index in [4.69, 9.17) is 9.47 Å². The van der Waals surface area contributed by atoms with Crippen LogP contribution in [-0.4, -0.2) is 30.6 Å². The molecule has 2 aromatic carbocycles. The molecule has 1 spiro atoms. The Kier molecular flexibility index (Phi) is 6.36. The SMILES string of the molecule is CCCCCCN1c2ccc(OC)cc2C(C)(C)C12C=Cc1cc([N+](=O)[O-])cc(OC)c1S2. The van der Waals surface area contributed by atoms with E-state index in [1.165, 1.54) is 36.6 Å². The maximum atomic E-state index is 11.4. The highest BCUT2D eigenvalue weighted by Crippen LogP contribution is 2.63. The van der Waals surface area contributed by atoms with Gasteiger partial charge in [-0.05, 0) is 41.8 Å². The molecule has 2 aliphatic rings. The minimum Gasteiger partial charge on any atom is -0.497 e. The number of hydrogen-bond acceptors (Lipinski definition) is 6. The van der Waals surface area contributed by atoms with E-state index in [1.54, 1.807) is 32.0 Å². The number of anilines is 1. The Hall–Kier alpha value is -2.67. The van der Waals surface area contributed by atoms with E-state index in [0.29, 0.717) is 5.75 Å². The van der Waals surface area contributed by atoms with Gasteiger partial charge in [0.15, 0.2) is 0 Å². The highest BCUT2D eigenvalue weighted by Gasteiger charge is 2.57. The third-order valence-corrected chi connectivity index (χ3v) is 8.76. The van der Waals surface area contributed by atoms with Gasteiger partial charge in [-0.2, -0.15) is 0 Å². The molecule has 0 fully saturated rings. The lowest BCUT2D eigenvalue weighted by atomic mass is 9.79. The fraction of sp³-hybridized carbons (Fsp3) is 0.462. The molecule has 0 radical (unpaired) electrons. The summed E-state index contributed by atoms with van der Waals surface area (Å²) in [7, 11) is 3.28. The highest BCUT2D eigenvalue weighted by molar-refractivity contribution is 8.01. The number of non-ortho nitro benzene ring substituents is 1. The average Bonchev–Trinajstić information content (AvgIpc) is 2.98. The van der Waals surface area contributed by atoms with Crippen LogP contribution in [0.15, 0.2) is 41.3 Å². The molecule has 0 amide bonds. The van der Waals surface area contributed by atoms with Crippen molar-refractivity contribution in [3.8, 4) is 11.5 Å². The van der Waals surface area contributed by atoms with Gasteiger partial charge in [0.1, 0.15) is 16.4 Å². The zero-order valence-electron chi connectivity index (χ0n) is 20.0. The molecular weight excluding hydrogens is 436 g/mol. The molecule has 0 aromatic heterocycles. The summed E-state index contributed by atoms with van der Waals surface area (Å²) >= 11 is 1.74. The van der Waals surface area contributed by atoms with Gasteiger partial charge < -0.3 is 14.4 Å². The Morgan fingerprint density at radius 1 is 1.09 bits per heavy atom. The number of fused-ring (bicyclic) bond motifs is 2. The number of methoxy groups -OCH3 is 2. The first-order valence-corrected chi connectivity index (χ1v) is 12.3. The van der Waals surface area contributed by atoms with Crippen LogP contribution < -0.4 is 14.4 Å². The summed E-state index contributed by atoms with van der Waals surface area (Å²) in [6.07, 6.45) is 8.98. The summed E-state index contributed by atoms with van der Waals surface area (Å²) in [6, 6.07) is 9.52. The van der Waals surface area contributed by atoms with Gasteiger partial charge in [0.2, 0.25) is 0 Å². The van der Waals surface area contributed by atoms with Crippen LogP contribution in [-0.2, 0) is 5.41 Å². The predicted molar refractivity (Wildman–Crippen MR) is 135 cm³/mol. The second kappa shape index (κ2) is 8.93. The summed E-state index contributed by atoms with van der Waals surface area (Å²) < 4.78 is 11.2. The fourth-order valence-corrected chi connectivity index (χ4v) is 6.64. The molecule has 0 saturated heterocycles. The van der Waals surface area contributed by atoms with Crippen molar-refractivity contribution in [2.45, 2.75) is 61.6 Å². The molecule has 0 N–H and O–H groups in total. The van der Waals surface area contributed by atoms with Gasteiger partial charge in [0.25, 0.3) is 5.69 Å². The number of nitrogens with zero attached hydrogens (tertiary/aromatic N) is 2. The first-order chi connectivity index (χ1) is 15.8. The lowest BCUT2D eigenvalue weighted by molar-refractivity contribution is -0.385. The van der Waals surface area contributed by atoms with Crippen LogP contribution in [0.1, 0.15) is 57.6 Å². The fourth-order valence-electron chi connectivity index (χ4n) is 5.04. The van der Waals surface area contributed by atoms with Crippen molar-refractivity contribution in [1.29, 1.82) is 0 Å². The molecular formula is C26H32N2O4S. The lowest BCUT2D eigenvalue weighted by Gasteiger charge is -2.47. The van der Waals surface area contributed by atoms with Crippen LogP contribution in [0.4, 0.5) is 11.4 Å². The number of unbranched alkanes of at least 4 members (excludes halogenated alkanes) is 3. The van der Waals surface area contributed by atoms with Gasteiger partial charge in [-0.25, -0.2) is 0 Å². The van der Waals surface area contributed by atoms with Gasteiger partial charge in [0, 0.05) is 23.7 Å². The lowest BCUT2D eigenvalue weighted by Crippen LogP contribution is -2.52. The molecule has 4 rings (SSSR count). The zero-order valence-corrected chi connectivity index (χ0v) is 20.8. The van der Waals surface area contributed by atoms with Crippen molar-refractivity contribution in [3.05, 3.63) is 57.6 Å². The minimum atomic E-state index is -0.385. The topological polar surface area (TPSA) is 64.8 Å². The number of nitro benzene ring substituents is 1. The van der Waals surface area contributed by atoms with Crippen molar-refractivity contribution >= 4 is 29.2 Å². The van der Waals surface area contributed by atoms with Gasteiger partial charge >= 0.3 is 0 Å². The number of nitro groups is 1. The maximum absolute atomic E-state index is 11.4. The molecule has 176 valence electrons. The van der Waals surface area contributed by atoms with E-state index < -0.39 is 0 Å². The largest absolute Gasteiger partial charge is 0.497 e. The Balaban J connectivity index is 1.84. The maximum Gasteiger partial charge on any atom is 0.273 e. The van der Waals surface area contributed by atoms with E-state index in [9.17, 15) is 10.1 Å². The molecule has 0 aliphatic carbocycles. The van der Waals surface area contributed by atoms with Crippen molar-refractivity contribution in [2.75, 3.05) is 25.7 Å². The van der Waals surface area contributed by atoms with Crippen molar-refractivity contribution in [3.63, 3.8) is 0 Å². The molecule has 6 nitrogen and oxygen atoms in total. The zero-order chi connectivity index (χ0) is 23.8. The second-order valence-electron chi connectivity index (χ2n) is 9.18. The molecule has 2 heterocycles. The van der Waals surface area contributed by atoms with Gasteiger partial charge in [0.05, 0.1) is 30.1 Å². The number of ether oxygens (including phenoxy) is 2. The summed E-state index contributed by atoms with van der Waals surface area (Å²) in [4.78, 5) is 14.1. The predicted octanol–water partition coefficient (Wildman–Crippen LogP) is 6.81. The van der Waals surface area contributed by atoms with Crippen LogP contribution in [0.3, 0.4) is 0 Å². The van der Waals surface area contributed by atoms with Gasteiger partial charge in [-0.1, -0.05) is 57.9 Å². The van der Waals surface area contributed by atoms with Gasteiger partial charge in [-0.15, -0.1) is 0 Å². The first kappa shape index (κ1) is 23.5. The number of rotatable bonds is 8. The Morgan fingerprint density at radius 2 is 1.88 bits per heavy atom. The minimum absolute atomic E-state index is 0.0435. The Labute approximate surface area is 200 Å².